The van der Waals surface area contributed by atoms with Crippen LogP contribution in [0.15, 0.2) is 48.5 Å². The minimum Gasteiger partial charge on any atom is -0.329 e. The molecule has 2 rings (SSSR count). The maximum absolute atomic E-state index is 11.9. The summed E-state index contributed by atoms with van der Waals surface area (Å²) >= 11 is 0. The molecule has 2 aromatic rings. The quantitative estimate of drug-likeness (QED) is 0.811. The fourth-order valence-corrected chi connectivity index (χ4v) is 2.05. The molecule has 0 aromatic heterocycles. The van der Waals surface area contributed by atoms with E-state index in [4.69, 9.17) is 0 Å². The van der Waals surface area contributed by atoms with Crippen LogP contribution in [-0.2, 0) is 4.79 Å². The van der Waals surface area contributed by atoms with Crippen molar-refractivity contribution in [2.75, 3.05) is 17.2 Å². The second-order valence-electron chi connectivity index (χ2n) is 4.99. The number of carbonyl (C=O) groups excluding carboxylic acids is 2. The number of urea groups is 1. The Morgan fingerprint density at radius 1 is 0.864 bits per heavy atom. The molecule has 0 aliphatic carbocycles. The van der Waals surface area contributed by atoms with Gasteiger partial charge >= 0.3 is 6.03 Å². The first-order chi connectivity index (χ1) is 10.6. The fourth-order valence-electron chi connectivity index (χ4n) is 2.05. The van der Waals surface area contributed by atoms with Crippen LogP contribution in [0.5, 0.6) is 0 Å². The van der Waals surface area contributed by atoms with E-state index in [1.54, 1.807) is 12.1 Å². The van der Waals surface area contributed by atoms with E-state index in [0.29, 0.717) is 5.69 Å². The van der Waals surface area contributed by atoms with Crippen LogP contribution in [-0.4, -0.2) is 18.5 Å². The summed E-state index contributed by atoms with van der Waals surface area (Å²) in [6, 6.07) is 14.4. The number of benzene rings is 2. The molecule has 114 valence electrons. The minimum atomic E-state index is -0.414. The van der Waals surface area contributed by atoms with E-state index in [1.807, 2.05) is 50.2 Å². The van der Waals surface area contributed by atoms with Crippen molar-refractivity contribution in [1.29, 1.82) is 0 Å². The van der Waals surface area contributed by atoms with E-state index < -0.39 is 6.03 Å². The summed E-state index contributed by atoms with van der Waals surface area (Å²) in [5.41, 5.74) is 3.44. The van der Waals surface area contributed by atoms with E-state index in [-0.39, 0.29) is 12.5 Å². The van der Waals surface area contributed by atoms with Crippen LogP contribution < -0.4 is 16.0 Å². The third kappa shape index (κ3) is 4.34. The van der Waals surface area contributed by atoms with Gasteiger partial charge in [0.25, 0.3) is 0 Å². The molecule has 0 fully saturated rings. The van der Waals surface area contributed by atoms with Gasteiger partial charge in [0, 0.05) is 11.4 Å². The number of anilines is 2. The Balaban J connectivity index is 1.84. The van der Waals surface area contributed by atoms with Gasteiger partial charge in [-0.2, -0.15) is 0 Å². The van der Waals surface area contributed by atoms with Gasteiger partial charge in [-0.1, -0.05) is 36.4 Å². The Bertz CT molecular complexity index is 649. The lowest BCUT2D eigenvalue weighted by Gasteiger charge is -2.12. The maximum Gasteiger partial charge on any atom is 0.319 e. The molecule has 3 amide bonds. The van der Waals surface area contributed by atoms with E-state index in [2.05, 4.69) is 16.0 Å². The van der Waals surface area contributed by atoms with Crippen molar-refractivity contribution in [3.63, 3.8) is 0 Å². The molecule has 0 heterocycles. The number of aryl methyl sites for hydroxylation is 2. The molecule has 5 heteroatoms. The Morgan fingerprint density at radius 3 is 2.14 bits per heavy atom. The Kier molecular flexibility index (Phi) is 5.14. The van der Waals surface area contributed by atoms with Crippen LogP contribution >= 0.6 is 0 Å². The summed E-state index contributed by atoms with van der Waals surface area (Å²) in [4.78, 5) is 23.6. The van der Waals surface area contributed by atoms with Gasteiger partial charge < -0.3 is 16.0 Å². The van der Waals surface area contributed by atoms with Crippen molar-refractivity contribution in [2.24, 2.45) is 0 Å². The van der Waals surface area contributed by atoms with Gasteiger partial charge in [0.1, 0.15) is 0 Å². The van der Waals surface area contributed by atoms with E-state index >= 15 is 0 Å². The zero-order chi connectivity index (χ0) is 15.9. The summed E-state index contributed by atoms with van der Waals surface area (Å²) in [6.07, 6.45) is 0. The minimum absolute atomic E-state index is 0.0908. The number of rotatable bonds is 4. The molecule has 0 spiro atoms. The van der Waals surface area contributed by atoms with Gasteiger partial charge in [0.15, 0.2) is 0 Å². The Labute approximate surface area is 129 Å². The molecular weight excluding hydrogens is 278 g/mol. The third-order valence-corrected chi connectivity index (χ3v) is 3.19. The van der Waals surface area contributed by atoms with Gasteiger partial charge in [0.05, 0.1) is 6.54 Å². The van der Waals surface area contributed by atoms with Crippen molar-refractivity contribution in [3.05, 3.63) is 59.7 Å². The lowest BCUT2D eigenvalue weighted by molar-refractivity contribution is -0.115. The van der Waals surface area contributed by atoms with Crippen molar-refractivity contribution >= 4 is 23.3 Å². The molecule has 0 saturated carbocycles. The second kappa shape index (κ2) is 7.26. The SMILES string of the molecule is Cc1cccc(C)c1NC(=O)CNC(=O)Nc1ccccc1. The molecule has 0 bridgehead atoms. The highest BCUT2D eigenvalue weighted by Gasteiger charge is 2.08. The average molecular weight is 297 g/mol. The largest absolute Gasteiger partial charge is 0.329 e. The van der Waals surface area contributed by atoms with Crippen molar-refractivity contribution in [2.45, 2.75) is 13.8 Å². The van der Waals surface area contributed by atoms with E-state index in [1.165, 1.54) is 0 Å². The number of hydrogen-bond acceptors (Lipinski definition) is 2. The number of nitrogens with one attached hydrogen (secondary N) is 3. The summed E-state index contributed by atoms with van der Waals surface area (Å²) in [7, 11) is 0. The first-order valence-corrected chi connectivity index (χ1v) is 7.02. The zero-order valence-corrected chi connectivity index (χ0v) is 12.6. The van der Waals surface area contributed by atoms with Crippen molar-refractivity contribution in [1.82, 2.24) is 5.32 Å². The van der Waals surface area contributed by atoms with Crippen LogP contribution in [0.1, 0.15) is 11.1 Å². The van der Waals surface area contributed by atoms with Crippen molar-refractivity contribution < 1.29 is 9.59 Å². The molecule has 3 N–H and O–H groups in total. The molecule has 0 unspecified atom stereocenters. The average Bonchev–Trinajstić information content (AvgIpc) is 2.50. The van der Waals surface area contributed by atoms with Crippen LogP contribution in [0.25, 0.3) is 0 Å². The number of para-hydroxylation sites is 2. The van der Waals surface area contributed by atoms with Gasteiger partial charge in [-0.05, 0) is 37.1 Å². The maximum atomic E-state index is 11.9. The molecule has 2 aromatic carbocycles. The monoisotopic (exact) mass is 297 g/mol. The summed E-state index contributed by atoms with van der Waals surface area (Å²) < 4.78 is 0. The van der Waals surface area contributed by atoms with Crippen molar-refractivity contribution in [3.8, 4) is 0 Å². The van der Waals surface area contributed by atoms with Gasteiger partial charge in [0.2, 0.25) is 5.91 Å². The number of amides is 3. The summed E-state index contributed by atoms with van der Waals surface area (Å²) in [6.45, 7) is 3.77. The molecule has 22 heavy (non-hydrogen) atoms. The molecule has 0 atom stereocenters. The van der Waals surface area contributed by atoms with Crippen LogP contribution in [0, 0.1) is 13.8 Å². The first-order valence-electron chi connectivity index (χ1n) is 7.02. The van der Waals surface area contributed by atoms with E-state index in [0.717, 1.165) is 16.8 Å². The first kappa shape index (κ1) is 15.6. The molecule has 0 aliphatic heterocycles. The smallest absolute Gasteiger partial charge is 0.319 e. The lowest BCUT2D eigenvalue weighted by Crippen LogP contribution is -2.36. The molecular formula is C17H19N3O2. The predicted molar refractivity (Wildman–Crippen MR) is 88.0 cm³/mol. The molecule has 5 nitrogen and oxygen atoms in total. The number of carbonyl (C=O) groups is 2. The zero-order valence-electron chi connectivity index (χ0n) is 12.6. The Morgan fingerprint density at radius 2 is 1.50 bits per heavy atom. The van der Waals surface area contributed by atoms with Crippen LogP contribution in [0.4, 0.5) is 16.2 Å². The predicted octanol–water partition coefficient (Wildman–Crippen LogP) is 3.06. The third-order valence-electron chi connectivity index (χ3n) is 3.19. The molecule has 0 radical (unpaired) electrons. The second-order valence-corrected chi connectivity index (χ2v) is 4.99. The topological polar surface area (TPSA) is 70.2 Å². The van der Waals surface area contributed by atoms with Gasteiger partial charge in [-0.3, -0.25) is 4.79 Å². The summed E-state index contributed by atoms with van der Waals surface area (Å²) in [5.74, 6) is -0.263. The molecule has 0 aliphatic rings. The highest BCUT2D eigenvalue weighted by atomic mass is 16.2. The lowest BCUT2D eigenvalue weighted by atomic mass is 10.1. The number of hydrogen-bond donors (Lipinski definition) is 3. The van der Waals surface area contributed by atoms with Gasteiger partial charge in [-0.15, -0.1) is 0 Å². The Hall–Kier alpha value is -2.82. The van der Waals surface area contributed by atoms with Crippen LogP contribution in [0.3, 0.4) is 0 Å². The van der Waals surface area contributed by atoms with Crippen LogP contribution in [0.2, 0.25) is 0 Å². The summed E-state index contributed by atoms with van der Waals surface area (Å²) in [5, 5.41) is 8.00. The normalized spacial score (nSPS) is 9.91. The van der Waals surface area contributed by atoms with E-state index in [9.17, 15) is 9.59 Å². The highest BCUT2D eigenvalue weighted by molar-refractivity contribution is 5.97. The highest BCUT2D eigenvalue weighted by Crippen LogP contribution is 2.18. The molecule has 0 saturated heterocycles. The van der Waals surface area contributed by atoms with Gasteiger partial charge in [-0.25, -0.2) is 4.79 Å². The standard InChI is InChI=1S/C17H19N3O2/c1-12-7-6-8-13(2)16(12)20-15(21)11-18-17(22)19-14-9-4-3-5-10-14/h3-10H,11H2,1-2H3,(H,20,21)(H2,18,19,22). The fraction of sp³-hybridized carbons (Fsp3) is 0.176.